The average molecular weight is 206 g/mol. The van der Waals surface area contributed by atoms with E-state index < -0.39 is 0 Å². The Labute approximate surface area is 86.6 Å². The SMILES string of the molecule is OCCCc1ncc2cccc(F)c2n1. The highest BCUT2D eigenvalue weighted by Crippen LogP contribution is 2.14. The largest absolute Gasteiger partial charge is 0.396 e. The van der Waals surface area contributed by atoms with Crippen molar-refractivity contribution in [1.29, 1.82) is 0 Å². The average Bonchev–Trinajstić information content (AvgIpc) is 2.27. The fourth-order valence-electron chi connectivity index (χ4n) is 1.41. The summed E-state index contributed by atoms with van der Waals surface area (Å²) in [6, 6.07) is 4.79. The summed E-state index contributed by atoms with van der Waals surface area (Å²) in [5.41, 5.74) is 0.348. The first-order chi connectivity index (χ1) is 7.31. The summed E-state index contributed by atoms with van der Waals surface area (Å²) >= 11 is 0. The summed E-state index contributed by atoms with van der Waals surface area (Å²) in [4.78, 5) is 8.21. The zero-order valence-electron chi connectivity index (χ0n) is 8.15. The van der Waals surface area contributed by atoms with Gasteiger partial charge in [-0.05, 0) is 12.5 Å². The lowest BCUT2D eigenvalue weighted by molar-refractivity contribution is 0.287. The van der Waals surface area contributed by atoms with Crippen molar-refractivity contribution in [1.82, 2.24) is 9.97 Å². The fourth-order valence-corrected chi connectivity index (χ4v) is 1.41. The molecule has 2 rings (SSSR count). The van der Waals surface area contributed by atoms with Gasteiger partial charge >= 0.3 is 0 Å². The molecule has 0 aliphatic rings. The zero-order chi connectivity index (χ0) is 10.7. The Kier molecular flexibility index (Phi) is 2.87. The van der Waals surface area contributed by atoms with Crippen molar-refractivity contribution in [3.05, 3.63) is 36.0 Å². The molecule has 0 aliphatic carbocycles. The van der Waals surface area contributed by atoms with Gasteiger partial charge in [0.15, 0.2) is 0 Å². The van der Waals surface area contributed by atoms with Crippen LogP contribution in [-0.4, -0.2) is 21.7 Å². The normalized spacial score (nSPS) is 10.8. The van der Waals surface area contributed by atoms with Crippen LogP contribution >= 0.6 is 0 Å². The monoisotopic (exact) mass is 206 g/mol. The second-order valence-corrected chi connectivity index (χ2v) is 3.29. The van der Waals surface area contributed by atoms with E-state index in [2.05, 4.69) is 9.97 Å². The predicted molar refractivity (Wildman–Crippen MR) is 54.9 cm³/mol. The summed E-state index contributed by atoms with van der Waals surface area (Å²) in [5.74, 6) is 0.238. The van der Waals surface area contributed by atoms with Crippen LogP contribution in [0.25, 0.3) is 10.9 Å². The quantitative estimate of drug-likeness (QED) is 0.831. The summed E-state index contributed by atoms with van der Waals surface area (Å²) in [5, 5.41) is 9.36. The van der Waals surface area contributed by atoms with Crippen LogP contribution in [0.15, 0.2) is 24.4 Å². The lowest BCUT2D eigenvalue weighted by Gasteiger charge is -2.01. The number of hydrogen-bond donors (Lipinski definition) is 1. The molecule has 0 radical (unpaired) electrons. The zero-order valence-corrected chi connectivity index (χ0v) is 8.15. The smallest absolute Gasteiger partial charge is 0.149 e. The van der Waals surface area contributed by atoms with Crippen molar-refractivity contribution in [2.75, 3.05) is 6.61 Å². The number of aliphatic hydroxyl groups is 1. The second-order valence-electron chi connectivity index (χ2n) is 3.29. The van der Waals surface area contributed by atoms with E-state index in [0.29, 0.717) is 29.6 Å². The molecule has 4 heteroatoms. The maximum absolute atomic E-state index is 13.3. The number of halogens is 1. The molecule has 15 heavy (non-hydrogen) atoms. The van der Waals surface area contributed by atoms with E-state index in [4.69, 9.17) is 5.11 Å². The Morgan fingerprint density at radius 1 is 1.33 bits per heavy atom. The predicted octanol–water partition coefficient (Wildman–Crippen LogP) is 1.69. The lowest BCUT2D eigenvalue weighted by Crippen LogP contribution is -1.98. The molecular formula is C11H11FN2O. The molecule has 0 saturated heterocycles. The van der Waals surface area contributed by atoms with Gasteiger partial charge in [-0.25, -0.2) is 14.4 Å². The van der Waals surface area contributed by atoms with Gasteiger partial charge < -0.3 is 5.11 Å². The standard InChI is InChI=1S/C11H11FN2O/c12-9-4-1-3-8-7-13-10(5-2-6-15)14-11(8)9/h1,3-4,7,15H,2,5-6H2. The van der Waals surface area contributed by atoms with Gasteiger partial charge in [0, 0.05) is 24.6 Å². The number of para-hydroxylation sites is 1. The van der Waals surface area contributed by atoms with E-state index in [9.17, 15) is 4.39 Å². The molecule has 3 nitrogen and oxygen atoms in total. The fraction of sp³-hybridized carbons (Fsp3) is 0.273. The first kappa shape index (κ1) is 9.98. The number of fused-ring (bicyclic) bond motifs is 1. The molecule has 78 valence electrons. The molecule has 0 bridgehead atoms. The maximum Gasteiger partial charge on any atom is 0.149 e. The Bertz CT molecular complexity index is 473. The van der Waals surface area contributed by atoms with E-state index in [-0.39, 0.29) is 12.4 Å². The van der Waals surface area contributed by atoms with Crippen LogP contribution in [0.1, 0.15) is 12.2 Å². The van der Waals surface area contributed by atoms with Gasteiger partial charge in [-0.3, -0.25) is 0 Å². The number of nitrogens with zero attached hydrogens (tertiary/aromatic N) is 2. The first-order valence-electron chi connectivity index (χ1n) is 4.82. The van der Waals surface area contributed by atoms with Gasteiger partial charge in [-0.15, -0.1) is 0 Å². The number of hydrogen-bond acceptors (Lipinski definition) is 3. The molecule has 1 heterocycles. The molecule has 0 amide bonds. The van der Waals surface area contributed by atoms with Gasteiger partial charge in [-0.1, -0.05) is 12.1 Å². The van der Waals surface area contributed by atoms with Crippen molar-refractivity contribution in [3.8, 4) is 0 Å². The van der Waals surface area contributed by atoms with Crippen LogP contribution < -0.4 is 0 Å². The third-order valence-electron chi connectivity index (χ3n) is 2.17. The molecule has 0 atom stereocenters. The topological polar surface area (TPSA) is 46.0 Å². The van der Waals surface area contributed by atoms with Crippen molar-refractivity contribution < 1.29 is 9.50 Å². The van der Waals surface area contributed by atoms with Crippen LogP contribution in [0.2, 0.25) is 0 Å². The van der Waals surface area contributed by atoms with Crippen molar-refractivity contribution in [2.45, 2.75) is 12.8 Å². The number of aliphatic hydroxyl groups excluding tert-OH is 1. The number of rotatable bonds is 3. The number of aromatic nitrogens is 2. The highest BCUT2D eigenvalue weighted by molar-refractivity contribution is 5.77. The highest BCUT2D eigenvalue weighted by Gasteiger charge is 2.03. The van der Waals surface area contributed by atoms with E-state index in [1.807, 2.05) is 0 Å². The van der Waals surface area contributed by atoms with Gasteiger partial charge in [0.05, 0.1) is 0 Å². The maximum atomic E-state index is 13.3. The molecular weight excluding hydrogens is 195 g/mol. The lowest BCUT2D eigenvalue weighted by atomic mass is 10.2. The molecule has 1 N–H and O–H groups in total. The van der Waals surface area contributed by atoms with Crippen molar-refractivity contribution in [3.63, 3.8) is 0 Å². The molecule has 0 aliphatic heterocycles. The van der Waals surface area contributed by atoms with Gasteiger partial charge in [0.2, 0.25) is 0 Å². The minimum Gasteiger partial charge on any atom is -0.396 e. The summed E-state index contributed by atoms with van der Waals surface area (Å²) in [7, 11) is 0. The minimum absolute atomic E-state index is 0.0959. The second kappa shape index (κ2) is 4.31. The highest BCUT2D eigenvalue weighted by atomic mass is 19.1. The Morgan fingerprint density at radius 3 is 3.00 bits per heavy atom. The van der Waals surface area contributed by atoms with Gasteiger partial charge in [-0.2, -0.15) is 0 Å². The molecule has 0 saturated carbocycles. The third-order valence-corrected chi connectivity index (χ3v) is 2.17. The van der Waals surface area contributed by atoms with E-state index in [1.165, 1.54) is 6.07 Å². The van der Waals surface area contributed by atoms with E-state index in [1.54, 1.807) is 18.3 Å². The first-order valence-corrected chi connectivity index (χ1v) is 4.82. The molecule has 0 fully saturated rings. The Hall–Kier alpha value is -1.55. The molecule has 2 aromatic rings. The third kappa shape index (κ3) is 2.10. The van der Waals surface area contributed by atoms with Crippen LogP contribution in [0.5, 0.6) is 0 Å². The molecule has 1 aromatic carbocycles. The van der Waals surface area contributed by atoms with E-state index in [0.717, 1.165) is 0 Å². The number of aryl methyl sites for hydroxylation is 1. The van der Waals surface area contributed by atoms with E-state index >= 15 is 0 Å². The summed E-state index contributed by atoms with van der Waals surface area (Å²) in [6.07, 6.45) is 2.78. The summed E-state index contributed by atoms with van der Waals surface area (Å²) in [6.45, 7) is 0.0959. The Balaban J connectivity index is 2.41. The van der Waals surface area contributed by atoms with Gasteiger partial charge in [0.1, 0.15) is 17.2 Å². The van der Waals surface area contributed by atoms with Gasteiger partial charge in [0.25, 0.3) is 0 Å². The Morgan fingerprint density at radius 2 is 2.20 bits per heavy atom. The molecule has 1 aromatic heterocycles. The van der Waals surface area contributed by atoms with Crippen LogP contribution in [-0.2, 0) is 6.42 Å². The minimum atomic E-state index is -0.333. The van der Waals surface area contributed by atoms with Crippen LogP contribution in [0.3, 0.4) is 0 Å². The summed E-state index contributed by atoms with van der Waals surface area (Å²) < 4.78 is 13.3. The van der Waals surface area contributed by atoms with Crippen LogP contribution in [0.4, 0.5) is 4.39 Å². The van der Waals surface area contributed by atoms with Crippen molar-refractivity contribution in [2.24, 2.45) is 0 Å². The van der Waals surface area contributed by atoms with Crippen molar-refractivity contribution >= 4 is 10.9 Å². The number of benzene rings is 1. The van der Waals surface area contributed by atoms with Crippen LogP contribution in [0, 0.1) is 5.82 Å². The molecule has 0 spiro atoms. The molecule has 0 unspecified atom stereocenters.